The molecule has 3 heteroatoms. The first kappa shape index (κ1) is 8.97. The van der Waals surface area contributed by atoms with E-state index in [2.05, 4.69) is 17.1 Å². The quantitative estimate of drug-likeness (QED) is 0.790. The molecular formula is C11H13N3. The molecule has 2 N–H and O–H groups in total. The predicted molar refractivity (Wildman–Crippen MR) is 55.9 cm³/mol. The van der Waals surface area contributed by atoms with Crippen molar-refractivity contribution in [3.63, 3.8) is 0 Å². The second-order valence-corrected chi connectivity index (χ2v) is 3.17. The smallest absolute Gasteiger partial charge is 0.0952 e. The summed E-state index contributed by atoms with van der Waals surface area (Å²) in [5.74, 6) is 0. The summed E-state index contributed by atoms with van der Waals surface area (Å²) < 4.78 is 2.02. The first-order valence-corrected chi connectivity index (χ1v) is 4.64. The van der Waals surface area contributed by atoms with Gasteiger partial charge in [-0.2, -0.15) is 0 Å². The summed E-state index contributed by atoms with van der Waals surface area (Å²) in [5.41, 5.74) is 6.96. The van der Waals surface area contributed by atoms with Crippen LogP contribution in [0.25, 0.3) is 0 Å². The number of benzene rings is 1. The lowest BCUT2D eigenvalue weighted by Gasteiger charge is -2.16. The normalized spacial score (nSPS) is 12.6. The van der Waals surface area contributed by atoms with Gasteiger partial charge in [0.1, 0.15) is 0 Å². The van der Waals surface area contributed by atoms with E-state index in [0.29, 0.717) is 6.54 Å². The van der Waals surface area contributed by atoms with Crippen LogP contribution in [0.3, 0.4) is 0 Å². The van der Waals surface area contributed by atoms with Crippen LogP contribution in [0, 0.1) is 0 Å². The summed E-state index contributed by atoms with van der Waals surface area (Å²) in [6.07, 6.45) is 5.50. The summed E-state index contributed by atoms with van der Waals surface area (Å²) in [4.78, 5) is 4.02. The summed E-state index contributed by atoms with van der Waals surface area (Å²) in [7, 11) is 0. The number of imidazole rings is 1. The van der Waals surface area contributed by atoms with Gasteiger partial charge in [-0.3, -0.25) is 0 Å². The number of nitrogens with two attached hydrogens (primary N) is 1. The standard InChI is InChI=1S/C11H13N3/c12-8-11(14-7-6-13-9-14)10-4-2-1-3-5-10/h1-7,9,11H,8,12H2/t11-/m1/s1. The average molecular weight is 187 g/mol. The highest BCUT2D eigenvalue weighted by Gasteiger charge is 2.09. The Labute approximate surface area is 83.2 Å². The maximum absolute atomic E-state index is 5.75. The van der Waals surface area contributed by atoms with Crippen molar-refractivity contribution in [1.29, 1.82) is 0 Å². The first-order chi connectivity index (χ1) is 6.92. The van der Waals surface area contributed by atoms with Crippen molar-refractivity contribution < 1.29 is 0 Å². The van der Waals surface area contributed by atoms with Gasteiger partial charge in [-0.1, -0.05) is 30.3 Å². The van der Waals surface area contributed by atoms with Crippen LogP contribution < -0.4 is 5.73 Å². The SMILES string of the molecule is NC[C@H](c1ccccc1)n1ccnc1. The molecule has 0 saturated heterocycles. The molecule has 0 spiro atoms. The fourth-order valence-electron chi connectivity index (χ4n) is 1.56. The Balaban J connectivity index is 2.31. The highest BCUT2D eigenvalue weighted by Crippen LogP contribution is 2.15. The van der Waals surface area contributed by atoms with E-state index in [0.717, 1.165) is 0 Å². The molecule has 2 rings (SSSR count). The molecule has 1 atom stereocenters. The summed E-state index contributed by atoms with van der Waals surface area (Å²) in [6.45, 7) is 0.584. The van der Waals surface area contributed by atoms with Crippen molar-refractivity contribution in [3.05, 3.63) is 54.6 Å². The molecule has 72 valence electrons. The van der Waals surface area contributed by atoms with E-state index in [1.54, 1.807) is 12.5 Å². The third-order valence-corrected chi connectivity index (χ3v) is 2.29. The lowest BCUT2D eigenvalue weighted by Crippen LogP contribution is -2.19. The molecule has 0 aliphatic heterocycles. The number of rotatable bonds is 3. The van der Waals surface area contributed by atoms with Crippen LogP contribution in [0.1, 0.15) is 11.6 Å². The van der Waals surface area contributed by atoms with Crippen LogP contribution in [0.4, 0.5) is 0 Å². The minimum Gasteiger partial charge on any atom is -0.329 e. The predicted octanol–water partition coefficient (Wildman–Crippen LogP) is 1.43. The maximum atomic E-state index is 5.75. The van der Waals surface area contributed by atoms with Gasteiger partial charge in [-0.25, -0.2) is 4.98 Å². The van der Waals surface area contributed by atoms with Crippen LogP contribution in [-0.2, 0) is 0 Å². The third kappa shape index (κ3) is 1.67. The molecular weight excluding hydrogens is 174 g/mol. The van der Waals surface area contributed by atoms with Gasteiger partial charge in [0, 0.05) is 18.9 Å². The Morgan fingerprint density at radius 3 is 2.64 bits per heavy atom. The van der Waals surface area contributed by atoms with E-state index in [9.17, 15) is 0 Å². The Morgan fingerprint density at radius 1 is 1.29 bits per heavy atom. The first-order valence-electron chi connectivity index (χ1n) is 4.64. The van der Waals surface area contributed by atoms with Crippen LogP contribution in [0.5, 0.6) is 0 Å². The van der Waals surface area contributed by atoms with E-state index in [-0.39, 0.29) is 6.04 Å². The van der Waals surface area contributed by atoms with Gasteiger partial charge in [0.05, 0.1) is 12.4 Å². The number of hydrogen-bond donors (Lipinski definition) is 1. The van der Waals surface area contributed by atoms with Crippen LogP contribution in [-0.4, -0.2) is 16.1 Å². The molecule has 3 nitrogen and oxygen atoms in total. The molecule has 0 radical (unpaired) electrons. The molecule has 1 aromatic carbocycles. The van der Waals surface area contributed by atoms with Crippen LogP contribution in [0.15, 0.2) is 49.1 Å². The van der Waals surface area contributed by atoms with Gasteiger partial charge in [0.15, 0.2) is 0 Å². The Kier molecular flexibility index (Phi) is 2.60. The maximum Gasteiger partial charge on any atom is 0.0952 e. The van der Waals surface area contributed by atoms with Crippen molar-refractivity contribution in [2.75, 3.05) is 6.54 Å². The van der Waals surface area contributed by atoms with E-state index >= 15 is 0 Å². The van der Waals surface area contributed by atoms with Gasteiger partial charge in [0.2, 0.25) is 0 Å². The molecule has 0 aliphatic carbocycles. The number of nitrogens with zero attached hydrogens (tertiary/aromatic N) is 2. The Bertz CT molecular complexity index is 367. The number of aromatic nitrogens is 2. The molecule has 0 saturated carbocycles. The van der Waals surface area contributed by atoms with Crippen molar-refractivity contribution in [2.45, 2.75) is 6.04 Å². The van der Waals surface area contributed by atoms with Crippen molar-refractivity contribution in [2.24, 2.45) is 5.73 Å². The second kappa shape index (κ2) is 4.07. The van der Waals surface area contributed by atoms with Gasteiger partial charge in [0.25, 0.3) is 0 Å². The molecule has 0 unspecified atom stereocenters. The minimum absolute atomic E-state index is 0.193. The summed E-state index contributed by atoms with van der Waals surface area (Å²) in [6, 6.07) is 10.4. The second-order valence-electron chi connectivity index (χ2n) is 3.17. The van der Waals surface area contributed by atoms with Gasteiger partial charge in [-0.05, 0) is 5.56 Å². The van der Waals surface area contributed by atoms with E-state index < -0.39 is 0 Å². The molecule has 0 fully saturated rings. The average Bonchev–Trinajstić information content (AvgIpc) is 2.74. The Hall–Kier alpha value is -1.61. The van der Waals surface area contributed by atoms with Crippen molar-refractivity contribution >= 4 is 0 Å². The zero-order chi connectivity index (χ0) is 9.80. The van der Waals surface area contributed by atoms with Gasteiger partial charge in [-0.15, -0.1) is 0 Å². The zero-order valence-electron chi connectivity index (χ0n) is 7.88. The fourth-order valence-corrected chi connectivity index (χ4v) is 1.56. The molecule has 0 aliphatic rings. The topological polar surface area (TPSA) is 43.8 Å². The molecule has 1 heterocycles. The van der Waals surface area contributed by atoms with E-state index in [4.69, 9.17) is 5.73 Å². The van der Waals surface area contributed by atoms with E-state index in [1.165, 1.54) is 5.56 Å². The molecule has 0 bridgehead atoms. The largest absolute Gasteiger partial charge is 0.329 e. The van der Waals surface area contributed by atoms with Crippen molar-refractivity contribution in [1.82, 2.24) is 9.55 Å². The summed E-state index contributed by atoms with van der Waals surface area (Å²) in [5, 5.41) is 0. The monoisotopic (exact) mass is 187 g/mol. The molecule has 0 amide bonds. The lowest BCUT2D eigenvalue weighted by molar-refractivity contribution is 0.594. The van der Waals surface area contributed by atoms with Crippen LogP contribution >= 0.6 is 0 Å². The zero-order valence-corrected chi connectivity index (χ0v) is 7.88. The minimum atomic E-state index is 0.193. The Morgan fingerprint density at radius 2 is 2.07 bits per heavy atom. The molecule has 2 aromatic rings. The third-order valence-electron chi connectivity index (χ3n) is 2.29. The highest BCUT2D eigenvalue weighted by atomic mass is 15.1. The lowest BCUT2D eigenvalue weighted by atomic mass is 10.1. The fraction of sp³-hybridized carbons (Fsp3) is 0.182. The van der Waals surface area contributed by atoms with Crippen molar-refractivity contribution in [3.8, 4) is 0 Å². The number of hydrogen-bond acceptors (Lipinski definition) is 2. The summed E-state index contributed by atoms with van der Waals surface area (Å²) >= 11 is 0. The van der Waals surface area contributed by atoms with E-state index in [1.807, 2.05) is 29.0 Å². The van der Waals surface area contributed by atoms with Gasteiger partial charge >= 0.3 is 0 Å². The van der Waals surface area contributed by atoms with Crippen LogP contribution in [0.2, 0.25) is 0 Å². The molecule has 14 heavy (non-hydrogen) atoms. The highest BCUT2D eigenvalue weighted by molar-refractivity contribution is 5.20. The van der Waals surface area contributed by atoms with Gasteiger partial charge < -0.3 is 10.3 Å². The molecule has 1 aromatic heterocycles.